The summed E-state index contributed by atoms with van der Waals surface area (Å²) in [6.45, 7) is 0. The molecule has 0 unspecified atom stereocenters. The van der Waals surface area contributed by atoms with E-state index in [-0.39, 0.29) is 10.8 Å². The molecule has 0 N–H and O–H groups in total. The Bertz CT molecular complexity index is 5970. The monoisotopic (exact) mass is 1390 g/mol. The van der Waals surface area contributed by atoms with E-state index in [0.717, 1.165) is 38.5 Å². The molecule has 0 aromatic heterocycles. The largest absolute Gasteiger partial charge is 0.0622 e. The molecule has 0 saturated carbocycles. The number of hydrogen-bond donors (Lipinski definition) is 0. The van der Waals surface area contributed by atoms with Crippen LogP contribution in [0.15, 0.2) is 400 Å². The molecule has 0 aliphatic heterocycles. The molecule has 0 atom stereocenters. The highest BCUT2D eigenvalue weighted by atomic mass is 14.5. The Morgan fingerprint density at radius 1 is 0.138 bits per heavy atom. The molecule has 0 heterocycles. The van der Waals surface area contributed by atoms with Crippen LogP contribution in [0.3, 0.4) is 0 Å². The number of hydrogen-bond acceptors (Lipinski definition) is 0. The smallest absolute Gasteiger partial charge is 0.0296 e. The Labute approximate surface area is 638 Å². The van der Waals surface area contributed by atoms with E-state index in [4.69, 9.17) is 0 Å². The molecule has 109 heavy (non-hydrogen) atoms. The molecule has 18 aromatic rings. The fraction of sp³-hybridized carbons (Fsp3) is 0.0826. The minimum Gasteiger partial charge on any atom is -0.0622 e. The molecular formula is C109H78. The van der Waals surface area contributed by atoms with E-state index < -0.39 is 5.41 Å². The van der Waals surface area contributed by atoms with Gasteiger partial charge in [0.15, 0.2) is 0 Å². The fourth-order valence-electron chi connectivity index (χ4n) is 20.5. The van der Waals surface area contributed by atoms with Crippen LogP contribution < -0.4 is 0 Å². The molecule has 0 nitrogen and oxygen atoms in total. The van der Waals surface area contributed by atoms with Crippen LogP contribution in [0.4, 0.5) is 0 Å². The summed E-state index contributed by atoms with van der Waals surface area (Å²) in [5.74, 6) is 0. The Morgan fingerprint density at radius 3 is 0.514 bits per heavy atom. The lowest BCUT2D eigenvalue weighted by Crippen LogP contribution is -2.31. The molecular weight excluding hydrogens is 1310 g/mol. The van der Waals surface area contributed by atoms with E-state index in [2.05, 4.69) is 400 Å². The standard InChI is InChI=1S/C109H78/c1-7-31-73(32-8-1)67-107(68-74-33-9-2-10-34-74)97-53-29-27-43-83(97)85-59-55-79(63-99(85)107)103-89-45-19-23-49-93(89)105(94-50-24-20-46-90(94)103)81-57-61-87-88-62-58-82(66-102(88)109(101(87)65-81,71-77-39-15-5-16-40-77)72-78-41-17-6-18-42-78)106-95-51-25-21-47-91(95)104(92-48-22-26-52-96(92)106)80-56-60-86-84-44-28-30-54-98(84)108(100(86)64-80,69-75-35-11-3-12-36-75)70-76-37-13-4-14-38-76/h1-66H,67-72H2. The van der Waals surface area contributed by atoms with Crippen molar-refractivity contribution in [1.82, 2.24) is 0 Å². The van der Waals surface area contributed by atoms with Gasteiger partial charge in [-0.1, -0.05) is 376 Å². The van der Waals surface area contributed by atoms with Crippen molar-refractivity contribution in [3.05, 3.63) is 467 Å². The van der Waals surface area contributed by atoms with Crippen LogP contribution >= 0.6 is 0 Å². The van der Waals surface area contributed by atoms with Crippen LogP contribution in [-0.2, 0) is 54.8 Å². The topological polar surface area (TPSA) is 0 Å². The number of rotatable bonds is 16. The first-order valence-corrected chi connectivity index (χ1v) is 38.9. The van der Waals surface area contributed by atoms with Gasteiger partial charge in [0.25, 0.3) is 0 Å². The molecule has 0 saturated heterocycles. The van der Waals surface area contributed by atoms with Crippen molar-refractivity contribution >= 4 is 43.1 Å². The summed E-state index contributed by atoms with van der Waals surface area (Å²) in [6.07, 6.45) is 5.17. The van der Waals surface area contributed by atoms with Gasteiger partial charge in [0.2, 0.25) is 0 Å². The van der Waals surface area contributed by atoms with E-state index in [1.54, 1.807) is 0 Å². The van der Waals surface area contributed by atoms with Crippen LogP contribution in [0.5, 0.6) is 0 Å². The first-order valence-electron chi connectivity index (χ1n) is 38.9. The van der Waals surface area contributed by atoms with E-state index in [1.807, 2.05) is 0 Å². The van der Waals surface area contributed by atoms with Gasteiger partial charge in [0, 0.05) is 16.2 Å². The lowest BCUT2D eigenvalue weighted by atomic mass is 9.68. The van der Waals surface area contributed by atoms with Gasteiger partial charge in [-0.3, -0.25) is 0 Å². The summed E-state index contributed by atoms with van der Waals surface area (Å²) < 4.78 is 0. The zero-order valence-corrected chi connectivity index (χ0v) is 60.8. The van der Waals surface area contributed by atoms with Crippen molar-refractivity contribution in [1.29, 1.82) is 0 Å². The van der Waals surface area contributed by atoms with Gasteiger partial charge < -0.3 is 0 Å². The van der Waals surface area contributed by atoms with Crippen molar-refractivity contribution < 1.29 is 0 Å². The second-order valence-corrected chi connectivity index (χ2v) is 31.0. The van der Waals surface area contributed by atoms with Gasteiger partial charge >= 0.3 is 0 Å². The third kappa shape index (κ3) is 10.6. The maximum Gasteiger partial charge on any atom is 0.0296 e. The molecule has 0 spiro atoms. The van der Waals surface area contributed by atoms with Crippen molar-refractivity contribution in [2.75, 3.05) is 0 Å². The lowest BCUT2D eigenvalue weighted by molar-refractivity contribution is 0.520. The Kier molecular flexibility index (Phi) is 15.5. The molecule has 0 amide bonds. The average molecular weight is 1390 g/mol. The Morgan fingerprint density at radius 2 is 0.303 bits per heavy atom. The highest BCUT2D eigenvalue weighted by molar-refractivity contribution is 6.23. The Balaban J connectivity index is 0.742. The highest BCUT2D eigenvalue weighted by Crippen LogP contribution is 2.60. The van der Waals surface area contributed by atoms with E-state index in [0.29, 0.717) is 0 Å². The second-order valence-electron chi connectivity index (χ2n) is 31.0. The van der Waals surface area contributed by atoms with Crippen molar-refractivity contribution in [3.63, 3.8) is 0 Å². The molecule has 18 aromatic carbocycles. The molecule has 21 rings (SSSR count). The van der Waals surface area contributed by atoms with Crippen LogP contribution in [0.25, 0.3) is 121 Å². The summed E-state index contributed by atoms with van der Waals surface area (Å²) in [5.41, 5.74) is 33.2. The predicted molar refractivity (Wildman–Crippen MR) is 458 cm³/mol. The summed E-state index contributed by atoms with van der Waals surface area (Å²) in [7, 11) is 0. The third-order valence-corrected chi connectivity index (χ3v) is 25.0. The van der Waals surface area contributed by atoms with Crippen molar-refractivity contribution in [2.45, 2.75) is 54.8 Å². The maximum atomic E-state index is 2.63. The maximum absolute atomic E-state index is 2.63. The number of fused-ring (bicyclic) bond motifs is 13. The summed E-state index contributed by atoms with van der Waals surface area (Å²) in [6, 6.07) is 153. The van der Waals surface area contributed by atoms with E-state index in [9.17, 15) is 0 Å². The van der Waals surface area contributed by atoms with Gasteiger partial charge in [-0.05, 0) is 251 Å². The summed E-state index contributed by atoms with van der Waals surface area (Å²) in [5, 5.41) is 10.0. The van der Waals surface area contributed by atoms with E-state index in [1.165, 1.54) is 188 Å². The average Bonchev–Trinajstić information content (AvgIpc) is 1.59. The molecule has 3 aliphatic rings. The molecule has 514 valence electrons. The fourth-order valence-corrected chi connectivity index (χ4v) is 20.5. The molecule has 0 heteroatoms. The zero-order valence-electron chi connectivity index (χ0n) is 60.8. The molecule has 3 aliphatic carbocycles. The molecule has 0 fully saturated rings. The summed E-state index contributed by atoms with van der Waals surface area (Å²) in [4.78, 5) is 0. The van der Waals surface area contributed by atoms with Crippen LogP contribution in [0, 0.1) is 0 Å². The first kappa shape index (κ1) is 64.4. The van der Waals surface area contributed by atoms with Crippen molar-refractivity contribution in [2.24, 2.45) is 0 Å². The predicted octanol–water partition coefficient (Wildman–Crippen LogP) is 27.2. The van der Waals surface area contributed by atoms with Gasteiger partial charge in [0.1, 0.15) is 0 Å². The van der Waals surface area contributed by atoms with E-state index >= 15 is 0 Å². The molecule has 0 bridgehead atoms. The SMILES string of the molecule is c1ccc(CC2(Cc3ccccc3)c3ccccc3-c3ccc(-c4c5ccccc5c(-c5ccc6c(c5)C(Cc5ccccc5)(Cc5ccccc5)c5cc(-c7c8ccccc8c(-c8ccc9c(c8)C(Cc8ccccc8)(Cc8ccccc8)c8ccccc8-9)c8ccccc78)ccc5-6)c5ccccc45)cc32)cc1. The van der Waals surface area contributed by atoms with Gasteiger partial charge in [-0.15, -0.1) is 0 Å². The van der Waals surface area contributed by atoms with Crippen LogP contribution in [-0.4, -0.2) is 0 Å². The first-order chi connectivity index (χ1) is 54.0. The molecule has 0 radical (unpaired) electrons. The van der Waals surface area contributed by atoms with Crippen LogP contribution in [0.2, 0.25) is 0 Å². The number of benzene rings is 18. The third-order valence-electron chi connectivity index (χ3n) is 25.0. The van der Waals surface area contributed by atoms with Gasteiger partial charge in [0.05, 0.1) is 0 Å². The Hall–Kier alpha value is -13.0. The summed E-state index contributed by atoms with van der Waals surface area (Å²) >= 11 is 0. The minimum absolute atomic E-state index is 0.310. The van der Waals surface area contributed by atoms with Gasteiger partial charge in [-0.2, -0.15) is 0 Å². The quantitative estimate of drug-likeness (QED) is 0.0846. The van der Waals surface area contributed by atoms with Crippen molar-refractivity contribution in [3.8, 4) is 77.9 Å². The zero-order chi connectivity index (χ0) is 72.0. The van der Waals surface area contributed by atoms with Gasteiger partial charge in [-0.25, -0.2) is 0 Å². The lowest BCUT2D eigenvalue weighted by Gasteiger charge is -2.34. The normalized spacial score (nSPS) is 13.8. The minimum atomic E-state index is -0.488. The van der Waals surface area contributed by atoms with Crippen LogP contribution in [0.1, 0.15) is 66.8 Å². The second kappa shape index (κ2) is 26.2. The highest BCUT2D eigenvalue weighted by Gasteiger charge is 2.47.